The van der Waals surface area contributed by atoms with Crippen molar-refractivity contribution in [2.45, 2.75) is 0 Å². The number of benzene rings is 8. The van der Waals surface area contributed by atoms with Gasteiger partial charge in [-0.2, -0.15) is 0 Å². The van der Waals surface area contributed by atoms with Gasteiger partial charge in [-0.05, 0) is 122 Å². The number of halogens is 4. The molecular formula is C50H26Br2Cl2N7Si. The molecule has 1 radical (unpaired) electrons. The van der Waals surface area contributed by atoms with E-state index >= 15 is 0 Å². The van der Waals surface area contributed by atoms with Crippen molar-refractivity contribution in [3.05, 3.63) is 148 Å². The zero-order valence-electron chi connectivity index (χ0n) is 32.4. The zero-order valence-corrected chi connectivity index (χ0v) is 38.1. The van der Waals surface area contributed by atoms with Crippen LogP contribution < -0.4 is 0 Å². The van der Waals surface area contributed by atoms with Gasteiger partial charge < -0.3 is 8.80 Å². The van der Waals surface area contributed by atoms with E-state index in [2.05, 4.69) is 165 Å². The molecule has 0 N–H and O–H groups in total. The topological polar surface area (TPSA) is 74.3 Å². The molecule has 7 nitrogen and oxygen atoms in total. The fourth-order valence-electron chi connectivity index (χ4n) is 9.31. The van der Waals surface area contributed by atoms with Crippen molar-refractivity contribution in [3.63, 3.8) is 0 Å². The van der Waals surface area contributed by atoms with Gasteiger partial charge >= 0.3 is 7.58 Å². The lowest BCUT2D eigenvalue weighted by Gasteiger charge is -2.06. The summed E-state index contributed by atoms with van der Waals surface area (Å²) in [7, 11) is -0.244. The molecule has 2 aliphatic rings. The predicted octanol–water partition coefficient (Wildman–Crippen LogP) is 14.4. The van der Waals surface area contributed by atoms with E-state index in [4.69, 9.17) is 47.1 Å². The molecule has 293 valence electrons. The molecule has 62 heavy (non-hydrogen) atoms. The summed E-state index contributed by atoms with van der Waals surface area (Å²) in [5.74, 6) is 1.63. The first-order valence-electron chi connectivity index (χ1n) is 19.9. The van der Waals surface area contributed by atoms with Gasteiger partial charge in [0, 0.05) is 59.8 Å². The number of rotatable bonds is 1. The van der Waals surface area contributed by atoms with Crippen LogP contribution in [-0.4, -0.2) is 41.3 Å². The Morgan fingerprint density at radius 1 is 0.419 bits per heavy atom. The Kier molecular flexibility index (Phi) is 7.97. The maximum absolute atomic E-state index is 7.15. The molecule has 13 rings (SSSR count). The molecule has 8 bridgehead atoms. The molecule has 0 amide bonds. The molecule has 0 saturated carbocycles. The second-order valence-corrected chi connectivity index (χ2v) is 21.3. The molecule has 0 aliphatic carbocycles. The molecule has 0 unspecified atom stereocenters. The molecule has 5 heterocycles. The van der Waals surface area contributed by atoms with Crippen molar-refractivity contribution in [1.82, 2.24) is 33.7 Å². The summed E-state index contributed by atoms with van der Waals surface area (Å²) >= 11 is 21.7. The molecule has 3 aromatic heterocycles. The average molecular weight is 984 g/mol. The maximum atomic E-state index is 7.15. The standard InChI is InChI=1S/C50H26Br2Cl2N7Si/c1-60-44-24-43-35-16-29-10-12-33(51)14-31(29)22-37(35)45(55-43)58-49-41-20-27-8-4-5-9-28(27)21-42(41)50(61(49)62(53)54)59-47-38-18-30-11-13-34(52)15-32(30)23-39(38)46(56-47)57-48(60)40-19-26-7-3-2-6-25(26)17-36(40)44/h2-24H,1H3. The molecule has 11 aromatic rings. The Balaban J connectivity index is 1.28. The van der Waals surface area contributed by atoms with Crippen LogP contribution in [0.5, 0.6) is 0 Å². The summed E-state index contributed by atoms with van der Waals surface area (Å²) in [6.07, 6.45) is 0. The number of aryl methyl sites for hydroxylation is 1. The fraction of sp³-hybridized carbons (Fsp3) is 0.0200. The highest BCUT2D eigenvalue weighted by atomic mass is 79.9. The summed E-state index contributed by atoms with van der Waals surface area (Å²) in [6.45, 7) is 0. The maximum Gasteiger partial charge on any atom is 0.402 e. The molecule has 0 atom stereocenters. The van der Waals surface area contributed by atoms with Crippen LogP contribution >= 0.6 is 54.0 Å². The van der Waals surface area contributed by atoms with Gasteiger partial charge in [0.2, 0.25) is 0 Å². The number of hydrogen-bond acceptors (Lipinski definition) is 5. The second-order valence-electron chi connectivity index (χ2n) is 15.8. The highest BCUT2D eigenvalue weighted by Crippen LogP contribution is 2.43. The van der Waals surface area contributed by atoms with Crippen LogP contribution in [0.2, 0.25) is 0 Å². The van der Waals surface area contributed by atoms with Gasteiger partial charge in [-0.15, -0.1) is 22.2 Å². The molecule has 2 aliphatic heterocycles. The third kappa shape index (κ3) is 5.50. The van der Waals surface area contributed by atoms with Gasteiger partial charge in [0.15, 0.2) is 17.5 Å². The monoisotopic (exact) mass is 980 g/mol. The van der Waals surface area contributed by atoms with E-state index < -0.39 is 7.58 Å². The second kappa shape index (κ2) is 13.5. The minimum absolute atomic E-state index is 0.513. The van der Waals surface area contributed by atoms with E-state index in [1.165, 1.54) is 0 Å². The van der Waals surface area contributed by atoms with Crippen LogP contribution in [0.4, 0.5) is 0 Å². The van der Waals surface area contributed by atoms with Crippen LogP contribution in [0.25, 0.3) is 133 Å². The minimum atomic E-state index is -2.31. The summed E-state index contributed by atoms with van der Waals surface area (Å²) in [6, 6.07) is 49.0. The largest absolute Gasteiger partial charge is 0.402 e. The predicted molar refractivity (Wildman–Crippen MR) is 265 cm³/mol. The highest BCUT2D eigenvalue weighted by molar-refractivity contribution is 9.10. The number of nitrogens with zero attached hydrogens (tertiary/aromatic N) is 7. The molecule has 8 aromatic carbocycles. The Hall–Kier alpha value is -6.01. The summed E-state index contributed by atoms with van der Waals surface area (Å²) in [5.41, 5.74) is 7.31. The first kappa shape index (κ1) is 36.6. The third-order valence-corrected chi connectivity index (χ3v) is 15.0. The van der Waals surface area contributed by atoms with Crippen molar-refractivity contribution >= 4 is 149 Å². The van der Waals surface area contributed by atoms with Gasteiger partial charge in [-0.25, -0.2) is 24.9 Å². The number of aromatic nitrogens is 7. The van der Waals surface area contributed by atoms with Crippen molar-refractivity contribution in [1.29, 1.82) is 0 Å². The average Bonchev–Trinajstić information content (AvgIpc) is 3.95. The van der Waals surface area contributed by atoms with Crippen LogP contribution in [0.3, 0.4) is 0 Å². The van der Waals surface area contributed by atoms with Crippen molar-refractivity contribution < 1.29 is 0 Å². The molecule has 12 heteroatoms. The van der Waals surface area contributed by atoms with Crippen molar-refractivity contribution in [2.24, 2.45) is 7.05 Å². The molecule has 0 fully saturated rings. The fourth-order valence-corrected chi connectivity index (χ4v) is 11.7. The van der Waals surface area contributed by atoms with E-state index in [1.807, 2.05) is 22.4 Å². The van der Waals surface area contributed by atoms with Gasteiger partial charge in [-0.3, -0.25) is 0 Å². The normalized spacial score (nSPS) is 12.4. The zero-order chi connectivity index (χ0) is 41.5. The van der Waals surface area contributed by atoms with E-state index in [-0.39, 0.29) is 0 Å². The molecular weight excluding hydrogens is 957 g/mol. The van der Waals surface area contributed by atoms with Crippen LogP contribution in [0.15, 0.2) is 148 Å². The lowest BCUT2D eigenvalue weighted by Crippen LogP contribution is -2.11. The van der Waals surface area contributed by atoms with E-state index in [0.717, 1.165) is 113 Å². The highest BCUT2D eigenvalue weighted by Gasteiger charge is 2.27. The quantitative estimate of drug-likeness (QED) is 0.121. The van der Waals surface area contributed by atoms with Gasteiger partial charge in [0.25, 0.3) is 0 Å². The van der Waals surface area contributed by atoms with E-state index in [1.54, 1.807) is 0 Å². The van der Waals surface area contributed by atoms with Gasteiger partial charge in [0.1, 0.15) is 16.9 Å². The Morgan fingerprint density at radius 3 is 1.37 bits per heavy atom. The first-order valence-corrected chi connectivity index (χ1v) is 24.9. The van der Waals surface area contributed by atoms with Gasteiger partial charge in [0.05, 0.1) is 11.2 Å². The minimum Gasteiger partial charge on any atom is -0.328 e. The number of hydrogen-bond donors (Lipinski definition) is 0. The first-order chi connectivity index (χ1) is 30.2. The van der Waals surface area contributed by atoms with Gasteiger partial charge in [-0.1, -0.05) is 92.5 Å². The van der Waals surface area contributed by atoms with E-state index in [0.29, 0.717) is 28.8 Å². The summed E-state index contributed by atoms with van der Waals surface area (Å²) in [4.78, 5) is 27.1. The van der Waals surface area contributed by atoms with Crippen molar-refractivity contribution in [3.8, 4) is 45.4 Å². The Labute approximate surface area is 380 Å². The lowest BCUT2D eigenvalue weighted by atomic mass is 10.00. The molecule has 0 saturated heterocycles. The van der Waals surface area contributed by atoms with Crippen LogP contribution in [0.1, 0.15) is 0 Å². The van der Waals surface area contributed by atoms with E-state index in [9.17, 15) is 0 Å². The summed E-state index contributed by atoms with van der Waals surface area (Å²) < 4.78 is 6.03. The van der Waals surface area contributed by atoms with Crippen LogP contribution in [-0.2, 0) is 7.05 Å². The van der Waals surface area contributed by atoms with Crippen molar-refractivity contribution in [2.75, 3.05) is 0 Å². The SMILES string of the molecule is Cn1c2cc3nc(nc4c5cc6ccccc6cc5c(nc5nc(nc1c1cc6ccccc6cc12)-c1cc2cc(Br)ccc2cc1-5)n4[Si](Cl)Cl)-c1cc2cc(Br)ccc2cc1-3. The third-order valence-electron chi connectivity index (χ3n) is 12.3. The molecule has 0 spiro atoms. The number of fused-ring (bicyclic) bond motifs is 24. The summed E-state index contributed by atoms with van der Waals surface area (Å²) in [5, 5.41) is 12.4. The van der Waals surface area contributed by atoms with Crippen LogP contribution in [0, 0.1) is 0 Å². The smallest absolute Gasteiger partial charge is 0.328 e. The Morgan fingerprint density at radius 2 is 0.839 bits per heavy atom. The Bertz CT molecular complexity index is 4030. The lowest BCUT2D eigenvalue weighted by molar-refractivity contribution is 0.988.